The molecule has 1 unspecified atom stereocenters. The molecule has 1 atom stereocenters. The van der Waals surface area contributed by atoms with Crippen molar-refractivity contribution < 1.29 is 2.74 Å². The molecule has 2 nitrogen and oxygen atoms in total. The maximum absolute atomic E-state index is 8.34. The molecule has 0 spiro atoms. The van der Waals surface area contributed by atoms with Crippen LogP contribution in [0.4, 0.5) is 5.69 Å². The highest BCUT2D eigenvalue weighted by molar-refractivity contribution is 9.11. The van der Waals surface area contributed by atoms with Gasteiger partial charge in [0.15, 0.2) is 0 Å². The minimum Gasteiger partial charge on any atom is -0.368 e. The molecule has 2 aliphatic heterocycles. The number of hydrogen-bond acceptors (Lipinski definition) is 2. The van der Waals surface area contributed by atoms with E-state index in [0.29, 0.717) is 5.56 Å². The SMILES string of the molecule is [2H]C1([2H])c2cc(Br)cc(Br)c2NC2CCCN21. The zero-order chi connectivity index (χ0) is 12.2. The average Bonchev–Trinajstić information content (AvgIpc) is 2.69. The van der Waals surface area contributed by atoms with Crippen LogP contribution in [0, 0.1) is 0 Å². The summed E-state index contributed by atoms with van der Waals surface area (Å²) in [6.07, 6.45) is 2.17. The molecule has 0 amide bonds. The minimum atomic E-state index is -1.39. The molecular formula is C11H12Br2N2. The summed E-state index contributed by atoms with van der Waals surface area (Å²) in [5.74, 6) is 0. The van der Waals surface area contributed by atoms with Crippen LogP contribution < -0.4 is 5.32 Å². The lowest BCUT2D eigenvalue weighted by Crippen LogP contribution is -2.39. The fourth-order valence-corrected chi connectivity index (χ4v) is 3.52. The number of halogens is 2. The van der Waals surface area contributed by atoms with Gasteiger partial charge in [-0.15, -0.1) is 0 Å². The predicted molar refractivity (Wildman–Crippen MR) is 68.9 cm³/mol. The van der Waals surface area contributed by atoms with Crippen LogP contribution in [0.3, 0.4) is 0 Å². The van der Waals surface area contributed by atoms with Gasteiger partial charge in [0.25, 0.3) is 0 Å². The molecule has 2 heterocycles. The monoisotopic (exact) mass is 332 g/mol. The van der Waals surface area contributed by atoms with Crippen molar-refractivity contribution in [3.8, 4) is 0 Å². The van der Waals surface area contributed by atoms with Crippen molar-refractivity contribution in [1.29, 1.82) is 0 Å². The van der Waals surface area contributed by atoms with E-state index in [4.69, 9.17) is 2.74 Å². The van der Waals surface area contributed by atoms with Gasteiger partial charge in [0.05, 0.1) is 11.9 Å². The van der Waals surface area contributed by atoms with Crippen molar-refractivity contribution in [2.24, 2.45) is 0 Å². The molecule has 0 radical (unpaired) electrons. The van der Waals surface area contributed by atoms with E-state index in [1.807, 2.05) is 17.0 Å². The molecule has 0 bridgehead atoms. The number of fused-ring (bicyclic) bond motifs is 2. The normalized spacial score (nSPS) is 29.9. The van der Waals surface area contributed by atoms with Gasteiger partial charge < -0.3 is 5.32 Å². The maximum Gasteiger partial charge on any atom is 0.0797 e. The molecule has 0 aliphatic carbocycles. The van der Waals surface area contributed by atoms with Gasteiger partial charge in [-0.2, -0.15) is 0 Å². The van der Waals surface area contributed by atoms with Crippen molar-refractivity contribution in [2.75, 3.05) is 11.9 Å². The highest BCUT2D eigenvalue weighted by Gasteiger charge is 2.30. The number of rotatable bonds is 0. The molecule has 15 heavy (non-hydrogen) atoms. The molecule has 2 aliphatic rings. The largest absolute Gasteiger partial charge is 0.368 e. The van der Waals surface area contributed by atoms with E-state index < -0.39 is 6.50 Å². The number of nitrogens with one attached hydrogen (secondary N) is 1. The maximum atomic E-state index is 8.34. The Bertz CT molecular complexity index is 479. The number of anilines is 1. The van der Waals surface area contributed by atoms with Crippen molar-refractivity contribution in [3.05, 3.63) is 26.6 Å². The second-order valence-electron chi connectivity index (χ2n) is 3.92. The quantitative estimate of drug-likeness (QED) is 0.781. The van der Waals surface area contributed by atoms with Gasteiger partial charge in [-0.1, -0.05) is 15.9 Å². The lowest BCUT2D eigenvalue weighted by molar-refractivity contribution is 0.256. The van der Waals surface area contributed by atoms with Crippen LogP contribution in [-0.2, 0) is 6.50 Å². The lowest BCUT2D eigenvalue weighted by Gasteiger charge is -2.33. The Balaban J connectivity index is 2.18. The Morgan fingerprint density at radius 3 is 3.20 bits per heavy atom. The van der Waals surface area contributed by atoms with Gasteiger partial charge in [0, 0.05) is 24.7 Å². The summed E-state index contributed by atoms with van der Waals surface area (Å²) >= 11 is 6.93. The molecule has 1 N–H and O–H groups in total. The minimum absolute atomic E-state index is 0.120. The van der Waals surface area contributed by atoms with Crippen LogP contribution >= 0.6 is 31.9 Å². The van der Waals surface area contributed by atoms with Crippen molar-refractivity contribution in [1.82, 2.24) is 4.90 Å². The van der Waals surface area contributed by atoms with E-state index in [2.05, 4.69) is 37.2 Å². The van der Waals surface area contributed by atoms with Crippen molar-refractivity contribution in [2.45, 2.75) is 25.5 Å². The predicted octanol–water partition coefficient (Wildman–Crippen LogP) is 3.56. The fraction of sp³-hybridized carbons (Fsp3) is 0.455. The summed E-state index contributed by atoms with van der Waals surface area (Å²) in [6.45, 7) is -0.581. The van der Waals surface area contributed by atoms with E-state index in [1.165, 1.54) is 0 Å². The topological polar surface area (TPSA) is 15.3 Å². The number of hydrogen-bond donors (Lipinski definition) is 1. The number of nitrogens with zero attached hydrogens (tertiary/aromatic N) is 1. The lowest BCUT2D eigenvalue weighted by atomic mass is 10.1. The molecule has 1 fully saturated rings. The molecule has 1 saturated heterocycles. The van der Waals surface area contributed by atoms with E-state index in [0.717, 1.165) is 34.0 Å². The highest BCUT2D eigenvalue weighted by Crippen LogP contribution is 2.37. The summed E-state index contributed by atoms with van der Waals surface area (Å²) in [5.41, 5.74) is 1.60. The Morgan fingerprint density at radius 2 is 2.33 bits per heavy atom. The second-order valence-corrected chi connectivity index (χ2v) is 5.69. The van der Waals surface area contributed by atoms with E-state index in [1.54, 1.807) is 0 Å². The Morgan fingerprint density at radius 1 is 1.47 bits per heavy atom. The van der Waals surface area contributed by atoms with Gasteiger partial charge in [0.1, 0.15) is 0 Å². The molecule has 0 aromatic heterocycles. The fourth-order valence-electron chi connectivity index (χ4n) is 2.18. The van der Waals surface area contributed by atoms with Gasteiger partial charge in [0.2, 0.25) is 0 Å². The van der Waals surface area contributed by atoms with E-state index in [-0.39, 0.29) is 6.17 Å². The zero-order valence-electron chi connectivity index (χ0n) is 10.1. The van der Waals surface area contributed by atoms with Crippen LogP contribution in [-0.4, -0.2) is 17.6 Å². The molecule has 4 heteroatoms. The smallest absolute Gasteiger partial charge is 0.0797 e. The van der Waals surface area contributed by atoms with Crippen LogP contribution in [0.1, 0.15) is 21.1 Å². The van der Waals surface area contributed by atoms with Crippen LogP contribution in [0.5, 0.6) is 0 Å². The second kappa shape index (κ2) is 3.75. The van der Waals surface area contributed by atoms with Crippen molar-refractivity contribution in [3.63, 3.8) is 0 Å². The van der Waals surface area contributed by atoms with Crippen LogP contribution in [0.25, 0.3) is 0 Å². The zero-order valence-corrected chi connectivity index (χ0v) is 11.2. The number of benzene rings is 1. The van der Waals surface area contributed by atoms with Crippen LogP contribution in [0.2, 0.25) is 0 Å². The van der Waals surface area contributed by atoms with Crippen LogP contribution in [0.15, 0.2) is 21.1 Å². The van der Waals surface area contributed by atoms with E-state index >= 15 is 0 Å². The summed E-state index contributed by atoms with van der Waals surface area (Å²) in [7, 11) is 0. The Kier molecular flexibility index (Phi) is 2.02. The first-order chi connectivity index (χ1) is 8.00. The third-order valence-electron chi connectivity index (χ3n) is 2.88. The standard InChI is InChI=1S/C11H12Br2N2/c12-8-4-7-6-15-3-1-2-10(15)14-11(7)9(13)5-8/h4-5,10,14H,1-3,6H2/i6D2. The summed E-state index contributed by atoms with van der Waals surface area (Å²) in [6, 6.07) is 3.81. The van der Waals surface area contributed by atoms with Gasteiger partial charge in [-0.3, -0.25) is 4.90 Å². The molecule has 0 saturated carbocycles. The Hall–Kier alpha value is -0.0600. The molecule has 1 aromatic carbocycles. The Labute approximate surface area is 109 Å². The first-order valence-electron chi connectivity index (χ1n) is 6.03. The first-order valence-corrected chi connectivity index (χ1v) is 6.61. The van der Waals surface area contributed by atoms with Gasteiger partial charge >= 0.3 is 0 Å². The van der Waals surface area contributed by atoms with E-state index in [9.17, 15) is 0 Å². The van der Waals surface area contributed by atoms with Gasteiger partial charge in [-0.25, -0.2) is 0 Å². The first kappa shape index (κ1) is 8.09. The highest BCUT2D eigenvalue weighted by atomic mass is 79.9. The molecule has 1 aromatic rings. The summed E-state index contributed by atoms with van der Waals surface area (Å²) in [5, 5.41) is 3.43. The molecule has 3 rings (SSSR count). The summed E-state index contributed by atoms with van der Waals surface area (Å²) < 4.78 is 18.5. The average molecular weight is 334 g/mol. The van der Waals surface area contributed by atoms with Gasteiger partial charge in [-0.05, 0) is 46.5 Å². The molecule has 80 valence electrons. The third-order valence-corrected chi connectivity index (χ3v) is 3.97. The summed E-state index contributed by atoms with van der Waals surface area (Å²) in [4.78, 5) is 1.91. The third kappa shape index (κ3) is 1.73. The van der Waals surface area contributed by atoms with Crippen molar-refractivity contribution >= 4 is 37.5 Å². The molecular weight excluding hydrogens is 320 g/mol.